The van der Waals surface area contributed by atoms with E-state index in [2.05, 4.69) is 9.83 Å². The van der Waals surface area contributed by atoms with E-state index in [4.69, 9.17) is 6.57 Å². The molecule has 0 saturated carbocycles. The van der Waals surface area contributed by atoms with Crippen LogP contribution in [0, 0.1) is 12.4 Å². The lowest BCUT2D eigenvalue weighted by molar-refractivity contribution is 0.629. The summed E-state index contributed by atoms with van der Waals surface area (Å²) in [6.45, 7) is 6.92. The van der Waals surface area contributed by atoms with Crippen molar-refractivity contribution in [2.24, 2.45) is 0 Å². The zero-order chi connectivity index (χ0) is 9.26. The van der Waals surface area contributed by atoms with Crippen molar-refractivity contribution in [1.82, 2.24) is 9.55 Å². The van der Waals surface area contributed by atoms with Crippen LogP contribution in [-0.4, -0.2) is 9.55 Å². The molecule has 0 amide bonds. The van der Waals surface area contributed by atoms with Crippen molar-refractivity contribution in [1.29, 1.82) is 0 Å². The van der Waals surface area contributed by atoms with Crippen LogP contribution < -0.4 is 0 Å². The first-order valence-electron chi connectivity index (χ1n) is 3.75. The van der Waals surface area contributed by atoms with Gasteiger partial charge in [-0.3, -0.25) is 9.41 Å². The van der Waals surface area contributed by atoms with Gasteiger partial charge in [-0.2, -0.15) is 0 Å². The van der Waals surface area contributed by atoms with Crippen molar-refractivity contribution < 1.29 is 4.39 Å². The Labute approximate surface area is 74.2 Å². The molecule has 3 nitrogen and oxygen atoms in total. The molecule has 0 aliphatic rings. The fourth-order valence-electron chi connectivity index (χ4n) is 1.23. The third-order valence-corrected chi connectivity index (χ3v) is 1.81. The summed E-state index contributed by atoms with van der Waals surface area (Å²) in [5, 5.41) is 0. The number of benzene rings is 1. The van der Waals surface area contributed by atoms with Crippen LogP contribution in [0.25, 0.3) is 15.9 Å². The van der Waals surface area contributed by atoms with Crippen molar-refractivity contribution >= 4 is 11.0 Å². The molecule has 0 bridgehead atoms. The Bertz CT molecular complexity index is 481. The maximum atomic E-state index is 12.7. The van der Waals surface area contributed by atoms with Crippen LogP contribution in [0.1, 0.15) is 0 Å². The Morgan fingerprint density at radius 1 is 1.54 bits per heavy atom. The SMILES string of the molecule is [C-]#[N+]Cn1cnc2cc(F)ccc21. The molecule has 0 spiro atoms. The standard InChI is InChI=1S/C9H6FN3/c1-11-5-13-6-12-8-4-7(10)2-3-9(8)13/h2-4,6H,5H2. The van der Waals surface area contributed by atoms with E-state index in [0.29, 0.717) is 5.52 Å². The summed E-state index contributed by atoms with van der Waals surface area (Å²) in [6.07, 6.45) is 1.54. The highest BCUT2D eigenvalue weighted by molar-refractivity contribution is 5.75. The van der Waals surface area contributed by atoms with E-state index < -0.39 is 0 Å². The van der Waals surface area contributed by atoms with Crippen molar-refractivity contribution in [2.45, 2.75) is 6.67 Å². The van der Waals surface area contributed by atoms with Gasteiger partial charge in [0, 0.05) is 6.07 Å². The maximum Gasteiger partial charge on any atom is 0.294 e. The molecule has 0 atom stereocenters. The molecule has 0 aliphatic carbocycles. The second-order valence-corrected chi connectivity index (χ2v) is 2.65. The zero-order valence-corrected chi connectivity index (χ0v) is 6.74. The van der Waals surface area contributed by atoms with E-state index in [0.717, 1.165) is 5.52 Å². The summed E-state index contributed by atoms with van der Waals surface area (Å²) in [5.41, 5.74) is 1.38. The molecule has 0 N–H and O–H groups in total. The smallest absolute Gasteiger partial charge is 0.293 e. The summed E-state index contributed by atoms with van der Waals surface area (Å²) < 4.78 is 14.4. The molecule has 0 aliphatic heterocycles. The normalized spacial score (nSPS) is 10.2. The van der Waals surface area contributed by atoms with Gasteiger partial charge in [0.25, 0.3) is 6.67 Å². The van der Waals surface area contributed by atoms with Crippen LogP contribution in [0.3, 0.4) is 0 Å². The Morgan fingerprint density at radius 3 is 3.15 bits per heavy atom. The Kier molecular flexibility index (Phi) is 1.71. The van der Waals surface area contributed by atoms with Crippen LogP contribution in [0.4, 0.5) is 4.39 Å². The summed E-state index contributed by atoms with van der Waals surface area (Å²) in [4.78, 5) is 7.21. The van der Waals surface area contributed by atoms with Gasteiger partial charge >= 0.3 is 0 Å². The molecule has 0 radical (unpaired) electrons. The van der Waals surface area contributed by atoms with Gasteiger partial charge in [-0.1, -0.05) is 0 Å². The predicted octanol–water partition coefficient (Wildman–Crippen LogP) is 2.05. The highest BCUT2D eigenvalue weighted by Crippen LogP contribution is 2.13. The van der Waals surface area contributed by atoms with E-state index in [-0.39, 0.29) is 12.5 Å². The molecule has 0 fully saturated rings. The largest absolute Gasteiger partial charge is 0.294 e. The molecular formula is C9H6FN3. The van der Waals surface area contributed by atoms with Gasteiger partial charge in [-0.25, -0.2) is 15.9 Å². The molecule has 1 aromatic heterocycles. The molecule has 1 heterocycles. The lowest BCUT2D eigenvalue weighted by Crippen LogP contribution is -1.90. The van der Waals surface area contributed by atoms with Crippen molar-refractivity contribution in [2.75, 3.05) is 0 Å². The van der Waals surface area contributed by atoms with Crippen LogP contribution in [0.15, 0.2) is 24.5 Å². The van der Waals surface area contributed by atoms with Crippen molar-refractivity contribution in [3.63, 3.8) is 0 Å². The molecular weight excluding hydrogens is 169 g/mol. The average molecular weight is 175 g/mol. The Hall–Kier alpha value is -1.89. The summed E-state index contributed by atoms with van der Waals surface area (Å²) in [5.74, 6) is -0.305. The molecule has 0 unspecified atom stereocenters. The van der Waals surface area contributed by atoms with Crippen LogP contribution in [-0.2, 0) is 6.67 Å². The fraction of sp³-hybridized carbons (Fsp3) is 0.111. The Balaban J connectivity index is 2.63. The number of rotatable bonds is 1. The number of nitrogens with zero attached hydrogens (tertiary/aromatic N) is 3. The number of aromatic nitrogens is 2. The van der Waals surface area contributed by atoms with Crippen LogP contribution in [0.5, 0.6) is 0 Å². The summed E-state index contributed by atoms with van der Waals surface area (Å²) in [6, 6.07) is 4.35. The zero-order valence-electron chi connectivity index (χ0n) is 6.74. The summed E-state index contributed by atoms with van der Waals surface area (Å²) in [7, 11) is 0. The van der Waals surface area contributed by atoms with Crippen LogP contribution >= 0.6 is 0 Å². The van der Waals surface area contributed by atoms with Gasteiger partial charge in [-0.05, 0) is 12.1 Å². The van der Waals surface area contributed by atoms with E-state index in [1.165, 1.54) is 12.1 Å². The average Bonchev–Trinajstić information content (AvgIpc) is 2.49. The van der Waals surface area contributed by atoms with E-state index in [9.17, 15) is 4.39 Å². The second-order valence-electron chi connectivity index (χ2n) is 2.65. The molecule has 64 valence electrons. The van der Waals surface area contributed by atoms with Crippen molar-refractivity contribution in [3.8, 4) is 0 Å². The molecule has 1 aromatic carbocycles. The highest BCUT2D eigenvalue weighted by atomic mass is 19.1. The third-order valence-electron chi connectivity index (χ3n) is 1.81. The third kappa shape index (κ3) is 1.25. The summed E-state index contributed by atoms with van der Waals surface area (Å²) >= 11 is 0. The van der Waals surface area contributed by atoms with Crippen LogP contribution in [0.2, 0.25) is 0 Å². The lowest BCUT2D eigenvalue weighted by atomic mass is 10.3. The van der Waals surface area contributed by atoms with Crippen molar-refractivity contribution in [3.05, 3.63) is 41.8 Å². The number of fused-ring (bicyclic) bond motifs is 1. The van der Waals surface area contributed by atoms with Gasteiger partial charge in [0.15, 0.2) is 0 Å². The number of hydrogen-bond donors (Lipinski definition) is 0. The molecule has 2 rings (SSSR count). The lowest BCUT2D eigenvalue weighted by Gasteiger charge is -1.93. The first kappa shape index (κ1) is 7.74. The highest BCUT2D eigenvalue weighted by Gasteiger charge is 2.03. The minimum atomic E-state index is -0.305. The topological polar surface area (TPSA) is 22.2 Å². The van der Waals surface area contributed by atoms with Gasteiger partial charge in [-0.15, -0.1) is 0 Å². The van der Waals surface area contributed by atoms with E-state index in [1.54, 1.807) is 17.0 Å². The monoisotopic (exact) mass is 175 g/mol. The minimum Gasteiger partial charge on any atom is -0.293 e. The minimum absolute atomic E-state index is 0.224. The first-order valence-corrected chi connectivity index (χ1v) is 3.75. The molecule has 4 heteroatoms. The van der Waals surface area contributed by atoms with E-state index >= 15 is 0 Å². The number of imidazole rings is 1. The predicted molar refractivity (Wildman–Crippen MR) is 46.3 cm³/mol. The molecule has 13 heavy (non-hydrogen) atoms. The second kappa shape index (κ2) is 2.87. The van der Waals surface area contributed by atoms with Gasteiger partial charge in [0.1, 0.15) is 12.1 Å². The number of hydrogen-bond acceptors (Lipinski definition) is 1. The number of halogens is 1. The van der Waals surface area contributed by atoms with Gasteiger partial charge in [0.2, 0.25) is 0 Å². The molecule has 0 saturated heterocycles. The Morgan fingerprint density at radius 2 is 2.38 bits per heavy atom. The molecule has 2 aromatic rings. The van der Waals surface area contributed by atoms with Gasteiger partial charge < -0.3 is 0 Å². The van der Waals surface area contributed by atoms with E-state index in [1.807, 2.05) is 0 Å². The maximum absolute atomic E-state index is 12.7. The van der Waals surface area contributed by atoms with Gasteiger partial charge in [0.05, 0.1) is 11.0 Å². The fourth-order valence-corrected chi connectivity index (χ4v) is 1.23. The first-order chi connectivity index (χ1) is 6.31. The quantitative estimate of drug-likeness (QED) is 0.608.